The largest absolute Gasteiger partial charge is 0.496 e. The maximum Gasteiger partial charge on any atom is 0.254 e. The monoisotopic (exact) mass is 311 g/mol. The Morgan fingerprint density at radius 2 is 1.83 bits per heavy atom. The van der Waals surface area contributed by atoms with Crippen molar-refractivity contribution in [3.8, 4) is 5.75 Å². The topological polar surface area (TPSA) is 29.5 Å². The molecule has 0 aliphatic carbocycles. The highest BCUT2D eigenvalue weighted by Gasteiger charge is 2.18. The van der Waals surface area contributed by atoms with E-state index in [1.165, 1.54) is 0 Å². The van der Waals surface area contributed by atoms with Crippen LogP contribution in [0.25, 0.3) is 0 Å². The van der Waals surface area contributed by atoms with Gasteiger partial charge >= 0.3 is 0 Å². The molecule has 2 aromatic carbocycles. The van der Waals surface area contributed by atoms with Crippen LogP contribution in [0.3, 0.4) is 0 Å². The van der Waals surface area contributed by atoms with Crippen molar-refractivity contribution < 1.29 is 9.53 Å². The van der Waals surface area contributed by atoms with Gasteiger partial charge in [-0.25, -0.2) is 0 Å². The Labute approximate surface area is 138 Å². The molecule has 23 heavy (non-hydrogen) atoms. The molecule has 0 N–H and O–H groups in total. The number of carbonyl (C=O) groups is 1. The molecule has 0 aliphatic rings. The highest BCUT2D eigenvalue weighted by atomic mass is 16.5. The smallest absolute Gasteiger partial charge is 0.254 e. The van der Waals surface area contributed by atoms with Crippen LogP contribution in [-0.4, -0.2) is 25.0 Å². The van der Waals surface area contributed by atoms with Gasteiger partial charge in [0.15, 0.2) is 0 Å². The van der Waals surface area contributed by atoms with Crippen molar-refractivity contribution in [1.29, 1.82) is 0 Å². The molecule has 1 amide bonds. The van der Waals surface area contributed by atoms with Gasteiger partial charge in [-0.15, -0.1) is 0 Å². The zero-order valence-corrected chi connectivity index (χ0v) is 14.6. The van der Waals surface area contributed by atoms with E-state index in [1.54, 1.807) is 12.0 Å². The van der Waals surface area contributed by atoms with Crippen LogP contribution >= 0.6 is 0 Å². The minimum atomic E-state index is 0.0379. The number of methoxy groups -OCH3 is 1. The maximum atomic E-state index is 12.8. The molecule has 0 atom stereocenters. The molecule has 0 radical (unpaired) electrons. The van der Waals surface area contributed by atoms with Crippen LogP contribution in [0.15, 0.2) is 42.5 Å². The third kappa shape index (κ3) is 3.92. The first-order valence-electron chi connectivity index (χ1n) is 7.92. The Morgan fingerprint density at radius 3 is 2.39 bits per heavy atom. The summed E-state index contributed by atoms with van der Waals surface area (Å²) >= 11 is 0. The van der Waals surface area contributed by atoms with Crippen molar-refractivity contribution in [3.05, 3.63) is 64.7 Å². The molecule has 0 aliphatic heterocycles. The van der Waals surface area contributed by atoms with Gasteiger partial charge < -0.3 is 9.64 Å². The summed E-state index contributed by atoms with van der Waals surface area (Å²) in [7, 11) is 3.51. The van der Waals surface area contributed by atoms with Crippen LogP contribution in [0.1, 0.15) is 46.8 Å². The molecule has 0 spiro atoms. The van der Waals surface area contributed by atoms with E-state index in [1.807, 2.05) is 56.4 Å². The second-order valence-corrected chi connectivity index (χ2v) is 6.21. The summed E-state index contributed by atoms with van der Waals surface area (Å²) in [4.78, 5) is 14.6. The van der Waals surface area contributed by atoms with E-state index < -0.39 is 0 Å². The molecule has 3 nitrogen and oxygen atoms in total. The van der Waals surface area contributed by atoms with Crippen molar-refractivity contribution >= 4 is 5.91 Å². The standard InChI is InChI=1S/C20H25NO2/c1-14(2)17-12-18(15(3)11-19(17)23-5)20(22)21(4)13-16-9-7-6-8-10-16/h6-12,14H,13H2,1-5H3. The van der Waals surface area contributed by atoms with Gasteiger partial charge in [-0.2, -0.15) is 0 Å². The number of rotatable bonds is 5. The first-order chi connectivity index (χ1) is 10.9. The lowest BCUT2D eigenvalue weighted by atomic mass is 9.96. The molecule has 2 rings (SSSR count). The van der Waals surface area contributed by atoms with Crippen LogP contribution in [0.2, 0.25) is 0 Å². The van der Waals surface area contributed by atoms with E-state index in [4.69, 9.17) is 4.74 Å². The third-order valence-electron chi connectivity index (χ3n) is 4.04. The summed E-state index contributed by atoms with van der Waals surface area (Å²) in [6.45, 7) is 6.77. The number of hydrogen-bond acceptors (Lipinski definition) is 2. The summed E-state index contributed by atoms with van der Waals surface area (Å²) in [5, 5.41) is 0. The van der Waals surface area contributed by atoms with Crippen molar-refractivity contribution in [2.24, 2.45) is 0 Å². The van der Waals surface area contributed by atoms with E-state index in [9.17, 15) is 4.79 Å². The fraction of sp³-hybridized carbons (Fsp3) is 0.350. The maximum absolute atomic E-state index is 12.8. The Balaban J connectivity index is 2.29. The molecule has 122 valence electrons. The second-order valence-electron chi connectivity index (χ2n) is 6.21. The fourth-order valence-electron chi connectivity index (χ4n) is 2.69. The Hall–Kier alpha value is -2.29. The summed E-state index contributed by atoms with van der Waals surface area (Å²) in [5.74, 6) is 1.19. The summed E-state index contributed by atoms with van der Waals surface area (Å²) in [6.07, 6.45) is 0. The third-order valence-corrected chi connectivity index (χ3v) is 4.04. The molecule has 0 saturated carbocycles. The SMILES string of the molecule is COc1cc(C)c(C(=O)N(C)Cc2ccccc2)cc1C(C)C. The zero-order valence-electron chi connectivity index (χ0n) is 14.6. The first-order valence-corrected chi connectivity index (χ1v) is 7.92. The predicted octanol–water partition coefficient (Wildman–Crippen LogP) is 4.40. The lowest BCUT2D eigenvalue weighted by Crippen LogP contribution is -2.27. The number of carbonyl (C=O) groups excluding carboxylic acids is 1. The number of aryl methyl sites for hydroxylation is 1. The molecule has 0 aromatic heterocycles. The predicted molar refractivity (Wildman–Crippen MR) is 94.1 cm³/mol. The number of ether oxygens (including phenoxy) is 1. The molecule has 3 heteroatoms. The molecule has 0 bridgehead atoms. The highest BCUT2D eigenvalue weighted by molar-refractivity contribution is 5.96. The van der Waals surface area contributed by atoms with Gasteiger partial charge in [0.25, 0.3) is 5.91 Å². The lowest BCUT2D eigenvalue weighted by Gasteiger charge is -2.21. The number of hydrogen-bond donors (Lipinski definition) is 0. The molecular weight excluding hydrogens is 286 g/mol. The molecule has 0 fully saturated rings. The van der Waals surface area contributed by atoms with Gasteiger partial charge in [0.1, 0.15) is 5.75 Å². The van der Waals surface area contributed by atoms with Gasteiger partial charge in [-0.1, -0.05) is 44.2 Å². The second kappa shape index (κ2) is 7.32. The Kier molecular flexibility index (Phi) is 5.43. The lowest BCUT2D eigenvalue weighted by molar-refractivity contribution is 0.0784. The summed E-state index contributed by atoms with van der Waals surface area (Å²) in [5.41, 5.74) is 3.87. The van der Waals surface area contributed by atoms with Crippen LogP contribution < -0.4 is 4.74 Å². The average Bonchev–Trinajstić information content (AvgIpc) is 2.54. The van der Waals surface area contributed by atoms with Gasteiger partial charge in [0.05, 0.1) is 7.11 Å². The van der Waals surface area contributed by atoms with E-state index in [2.05, 4.69) is 13.8 Å². The van der Waals surface area contributed by atoms with Gasteiger partial charge in [-0.05, 0) is 41.7 Å². The van der Waals surface area contributed by atoms with Gasteiger partial charge in [0.2, 0.25) is 0 Å². The summed E-state index contributed by atoms with van der Waals surface area (Å²) in [6, 6.07) is 14.0. The van der Waals surface area contributed by atoms with Crippen molar-refractivity contribution in [2.75, 3.05) is 14.2 Å². The van der Waals surface area contributed by atoms with Crippen molar-refractivity contribution in [3.63, 3.8) is 0 Å². The van der Waals surface area contributed by atoms with Crippen molar-refractivity contribution in [2.45, 2.75) is 33.2 Å². The van der Waals surface area contributed by atoms with E-state index in [0.717, 1.165) is 28.0 Å². The Morgan fingerprint density at radius 1 is 1.17 bits per heavy atom. The van der Waals surface area contributed by atoms with Gasteiger partial charge in [0, 0.05) is 19.2 Å². The average molecular weight is 311 g/mol. The minimum Gasteiger partial charge on any atom is -0.496 e. The van der Waals surface area contributed by atoms with Crippen LogP contribution in [0, 0.1) is 6.92 Å². The summed E-state index contributed by atoms with van der Waals surface area (Å²) < 4.78 is 5.45. The highest BCUT2D eigenvalue weighted by Crippen LogP contribution is 2.30. The molecule has 0 heterocycles. The van der Waals surface area contributed by atoms with E-state index >= 15 is 0 Å². The Bertz CT molecular complexity index is 678. The minimum absolute atomic E-state index is 0.0379. The first kappa shape index (κ1) is 17.1. The van der Waals surface area contributed by atoms with Crippen LogP contribution in [0.5, 0.6) is 5.75 Å². The fourth-order valence-corrected chi connectivity index (χ4v) is 2.69. The molecule has 0 unspecified atom stereocenters. The number of benzene rings is 2. The van der Waals surface area contributed by atoms with E-state index in [-0.39, 0.29) is 5.91 Å². The van der Waals surface area contributed by atoms with Crippen LogP contribution in [0.4, 0.5) is 0 Å². The molecule has 2 aromatic rings. The molecule has 0 saturated heterocycles. The number of nitrogens with zero attached hydrogens (tertiary/aromatic N) is 1. The quantitative estimate of drug-likeness (QED) is 0.819. The van der Waals surface area contributed by atoms with Gasteiger partial charge in [-0.3, -0.25) is 4.79 Å². The van der Waals surface area contributed by atoms with E-state index in [0.29, 0.717) is 12.5 Å². The van der Waals surface area contributed by atoms with Crippen LogP contribution in [-0.2, 0) is 6.54 Å². The normalized spacial score (nSPS) is 10.7. The number of amides is 1. The molecular formula is C20H25NO2. The van der Waals surface area contributed by atoms with Crippen molar-refractivity contribution in [1.82, 2.24) is 4.90 Å². The zero-order chi connectivity index (χ0) is 17.0.